The fourth-order valence-corrected chi connectivity index (χ4v) is 3.08. The average Bonchev–Trinajstić information content (AvgIpc) is 3.01. The van der Waals surface area contributed by atoms with E-state index >= 15 is 0 Å². The highest BCUT2D eigenvalue weighted by atomic mass is 32.2. The van der Waals surface area contributed by atoms with Crippen molar-refractivity contribution in [3.63, 3.8) is 0 Å². The zero-order chi connectivity index (χ0) is 20.4. The molecule has 8 nitrogen and oxygen atoms in total. The van der Waals surface area contributed by atoms with E-state index < -0.39 is 5.91 Å². The number of rotatable bonds is 6. The van der Waals surface area contributed by atoms with Gasteiger partial charge in [0.25, 0.3) is 5.91 Å². The van der Waals surface area contributed by atoms with Crippen LogP contribution in [0.5, 0.6) is 11.6 Å². The van der Waals surface area contributed by atoms with E-state index in [1.807, 2.05) is 45.2 Å². The number of ether oxygens (including phenoxy) is 1. The highest BCUT2D eigenvalue weighted by Gasteiger charge is 2.21. The van der Waals surface area contributed by atoms with Crippen LogP contribution in [0.4, 0.5) is 5.82 Å². The van der Waals surface area contributed by atoms with Crippen molar-refractivity contribution >= 4 is 23.5 Å². The number of nitrogen functional groups attached to an aromatic ring is 1. The maximum absolute atomic E-state index is 11.8. The first-order chi connectivity index (χ1) is 13.3. The van der Waals surface area contributed by atoms with Crippen molar-refractivity contribution in [2.24, 2.45) is 5.73 Å². The Morgan fingerprint density at radius 2 is 1.96 bits per heavy atom. The lowest BCUT2D eigenvalue weighted by Crippen LogP contribution is -2.15. The highest BCUT2D eigenvalue weighted by molar-refractivity contribution is 7.98. The van der Waals surface area contributed by atoms with Crippen LogP contribution in [0.2, 0.25) is 0 Å². The molecule has 28 heavy (non-hydrogen) atoms. The van der Waals surface area contributed by atoms with Crippen LogP contribution < -0.4 is 16.2 Å². The molecule has 0 fully saturated rings. The Bertz CT molecular complexity index is 1050. The van der Waals surface area contributed by atoms with E-state index in [9.17, 15) is 4.79 Å². The van der Waals surface area contributed by atoms with Crippen LogP contribution >= 0.6 is 11.8 Å². The van der Waals surface area contributed by atoms with Gasteiger partial charge in [-0.1, -0.05) is 24.8 Å². The molecule has 1 aromatic carbocycles. The zero-order valence-corrected chi connectivity index (χ0v) is 17.0. The molecule has 0 bridgehead atoms. The van der Waals surface area contributed by atoms with Gasteiger partial charge in [-0.05, 0) is 49.8 Å². The van der Waals surface area contributed by atoms with Crippen LogP contribution in [0, 0.1) is 13.8 Å². The van der Waals surface area contributed by atoms with E-state index in [2.05, 4.69) is 15.1 Å². The van der Waals surface area contributed by atoms with Crippen LogP contribution in [-0.2, 0) is 6.42 Å². The fourth-order valence-electron chi connectivity index (χ4n) is 2.71. The van der Waals surface area contributed by atoms with Crippen molar-refractivity contribution in [2.45, 2.75) is 32.3 Å². The molecule has 3 aromatic rings. The molecule has 0 aliphatic rings. The Morgan fingerprint density at radius 1 is 1.21 bits per heavy atom. The molecule has 0 aliphatic carbocycles. The summed E-state index contributed by atoms with van der Waals surface area (Å²) in [5, 5.41) is 4.90. The second-order valence-corrected chi connectivity index (χ2v) is 7.01. The quantitative estimate of drug-likeness (QED) is 0.483. The number of aromatic nitrogens is 4. The molecule has 0 spiro atoms. The van der Waals surface area contributed by atoms with Crippen LogP contribution in [-0.4, -0.2) is 31.9 Å². The summed E-state index contributed by atoms with van der Waals surface area (Å²) in [6.07, 6.45) is 2.37. The molecule has 4 N–H and O–H groups in total. The van der Waals surface area contributed by atoms with E-state index in [0.29, 0.717) is 34.7 Å². The predicted molar refractivity (Wildman–Crippen MR) is 109 cm³/mol. The van der Waals surface area contributed by atoms with Crippen molar-refractivity contribution in [1.29, 1.82) is 0 Å². The molecule has 0 radical (unpaired) electrons. The first kappa shape index (κ1) is 19.7. The van der Waals surface area contributed by atoms with Gasteiger partial charge in [-0.3, -0.25) is 4.79 Å². The number of thioether (sulfide) groups is 1. The van der Waals surface area contributed by atoms with Gasteiger partial charge in [0.1, 0.15) is 17.1 Å². The summed E-state index contributed by atoms with van der Waals surface area (Å²) in [4.78, 5) is 20.6. The van der Waals surface area contributed by atoms with Gasteiger partial charge in [0.2, 0.25) is 5.88 Å². The second-order valence-electron chi connectivity index (χ2n) is 6.24. The lowest BCUT2D eigenvalue weighted by molar-refractivity contribution is 0.100. The number of carbonyl (C=O) groups excluding carboxylic acids is 1. The van der Waals surface area contributed by atoms with Crippen molar-refractivity contribution in [3.8, 4) is 17.4 Å². The molecule has 0 unspecified atom stereocenters. The Morgan fingerprint density at radius 3 is 2.54 bits per heavy atom. The molecule has 0 atom stereocenters. The maximum Gasteiger partial charge on any atom is 0.254 e. The lowest BCUT2D eigenvalue weighted by Gasteiger charge is -2.10. The molecule has 0 aliphatic heterocycles. The van der Waals surface area contributed by atoms with E-state index in [-0.39, 0.29) is 11.4 Å². The zero-order valence-electron chi connectivity index (χ0n) is 16.2. The average molecular weight is 398 g/mol. The van der Waals surface area contributed by atoms with Crippen molar-refractivity contribution in [3.05, 3.63) is 46.6 Å². The van der Waals surface area contributed by atoms with Crippen molar-refractivity contribution in [2.75, 3.05) is 12.0 Å². The second kappa shape index (κ2) is 7.89. The number of benzene rings is 1. The third-order valence-corrected chi connectivity index (χ3v) is 4.89. The number of anilines is 1. The standard InChI is InChI=1S/C19H22N6O2S/c1-5-13-16(18(21)26)17(20)25(24-13)14-9-15(23-19(22-14)28-4)27-12-7-6-10(2)11(3)8-12/h6-9H,5,20H2,1-4H3,(H2,21,26). The number of nitrogens with zero attached hydrogens (tertiary/aromatic N) is 4. The van der Waals surface area contributed by atoms with Crippen molar-refractivity contribution < 1.29 is 9.53 Å². The van der Waals surface area contributed by atoms with E-state index in [1.165, 1.54) is 22.0 Å². The van der Waals surface area contributed by atoms with Gasteiger partial charge in [-0.2, -0.15) is 14.8 Å². The molecule has 2 heterocycles. The molecule has 9 heteroatoms. The Labute approximate surface area is 167 Å². The molecule has 1 amide bonds. The van der Waals surface area contributed by atoms with Crippen LogP contribution in [0.1, 0.15) is 34.1 Å². The summed E-state index contributed by atoms with van der Waals surface area (Å²) >= 11 is 1.36. The van der Waals surface area contributed by atoms with Crippen LogP contribution in [0.25, 0.3) is 5.82 Å². The third-order valence-electron chi connectivity index (χ3n) is 4.34. The summed E-state index contributed by atoms with van der Waals surface area (Å²) in [6.45, 7) is 5.93. The van der Waals surface area contributed by atoms with Gasteiger partial charge >= 0.3 is 0 Å². The third kappa shape index (κ3) is 3.79. The number of primary amides is 1. The minimum Gasteiger partial charge on any atom is -0.439 e. The van der Waals surface area contributed by atoms with E-state index in [4.69, 9.17) is 16.2 Å². The fraction of sp³-hybridized carbons (Fsp3) is 0.263. The predicted octanol–water partition coefficient (Wildman–Crippen LogP) is 3.04. The van der Waals surface area contributed by atoms with Crippen LogP contribution in [0.15, 0.2) is 29.4 Å². The SMILES string of the molecule is CCc1nn(-c2cc(Oc3ccc(C)c(C)c3)nc(SC)n2)c(N)c1C(N)=O. The molecule has 0 saturated carbocycles. The van der Waals surface area contributed by atoms with Gasteiger partial charge in [-0.25, -0.2) is 4.98 Å². The summed E-state index contributed by atoms with van der Waals surface area (Å²) in [6, 6.07) is 7.44. The first-order valence-electron chi connectivity index (χ1n) is 8.69. The minimum absolute atomic E-state index is 0.146. The summed E-state index contributed by atoms with van der Waals surface area (Å²) in [5.74, 6) is 0.947. The Kier molecular flexibility index (Phi) is 5.55. The molecule has 146 valence electrons. The van der Waals surface area contributed by atoms with Gasteiger partial charge in [0, 0.05) is 6.07 Å². The van der Waals surface area contributed by atoms with Gasteiger partial charge in [0.05, 0.1) is 5.69 Å². The molecular formula is C19H22N6O2S. The Balaban J connectivity index is 2.07. The lowest BCUT2D eigenvalue weighted by atomic mass is 10.1. The maximum atomic E-state index is 11.8. The molecule has 0 saturated heterocycles. The highest BCUT2D eigenvalue weighted by Crippen LogP contribution is 2.27. The Hall–Kier alpha value is -3.07. The van der Waals surface area contributed by atoms with Gasteiger partial charge < -0.3 is 16.2 Å². The monoisotopic (exact) mass is 398 g/mol. The number of hydrogen-bond acceptors (Lipinski definition) is 7. The van der Waals surface area contributed by atoms with E-state index in [0.717, 1.165) is 5.56 Å². The molecule has 3 rings (SSSR count). The van der Waals surface area contributed by atoms with Crippen molar-refractivity contribution in [1.82, 2.24) is 19.7 Å². The topological polar surface area (TPSA) is 122 Å². The minimum atomic E-state index is -0.619. The smallest absolute Gasteiger partial charge is 0.254 e. The van der Waals surface area contributed by atoms with Crippen LogP contribution in [0.3, 0.4) is 0 Å². The number of hydrogen-bond donors (Lipinski definition) is 2. The summed E-state index contributed by atoms with van der Waals surface area (Å²) in [7, 11) is 0. The van der Waals surface area contributed by atoms with Gasteiger partial charge in [-0.15, -0.1) is 0 Å². The first-order valence-corrected chi connectivity index (χ1v) is 9.92. The number of amides is 1. The number of aryl methyl sites for hydroxylation is 3. The summed E-state index contributed by atoms with van der Waals surface area (Å²) in [5.41, 5.74) is 14.6. The number of nitrogens with two attached hydrogens (primary N) is 2. The normalized spacial score (nSPS) is 10.9. The molecule has 2 aromatic heterocycles. The molecular weight excluding hydrogens is 376 g/mol. The van der Waals surface area contributed by atoms with Gasteiger partial charge in [0.15, 0.2) is 11.0 Å². The largest absolute Gasteiger partial charge is 0.439 e. The van der Waals surface area contributed by atoms with E-state index in [1.54, 1.807) is 6.07 Å². The summed E-state index contributed by atoms with van der Waals surface area (Å²) < 4.78 is 7.33. The number of carbonyl (C=O) groups is 1.